The van der Waals surface area contributed by atoms with Gasteiger partial charge >= 0.3 is 0 Å². The van der Waals surface area contributed by atoms with Crippen molar-refractivity contribution >= 4 is 17.4 Å². The van der Waals surface area contributed by atoms with Crippen LogP contribution in [0.25, 0.3) is 0 Å². The molecule has 0 aliphatic heterocycles. The van der Waals surface area contributed by atoms with E-state index >= 15 is 0 Å². The van der Waals surface area contributed by atoms with Crippen molar-refractivity contribution in [1.82, 2.24) is 4.98 Å². The molecule has 2 rings (SSSR count). The number of carbonyl (C=O) groups excluding carboxylic acids is 1. The van der Waals surface area contributed by atoms with Crippen LogP contribution in [-0.4, -0.2) is 10.9 Å². The van der Waals surface area contributed by atoms with E-state index in [1.54, 1.807) is 13.0 Å². The fourth-order valence-corrected chi connectivity index (χ4v) is 1.64. The van der Waals surface area contributed by atoms with Crippen LogP contribution < -0.4 is 11.1 Å². The molecule has 0 atom stereocenters. The molecule has 0 aliphatic rings. The molecule has 0 saturated heterocycles. The number of pyridine rings is 1. The minimum absolute atomic E-state index is 0.241. The number of amides is 1. The van der Waals surface area contributed by atoms with E-state index < -0.39 is 17.5 Å². The number of benzene rings is 1. The lowest BCUT2D eigenvalue weighted by Crippen LogP contribution is -2.15. The summed E-state index contributed by atoms with van der Waals surface area (Å²) < 4.78 is 26.8. The van der Waals surface area contributed by atoms with E-state index in [-0.39, 0.29) is 17.1 Å². The highest BCUT2D eigenvalue weighted by atomic mass is 19.1. The first-order valence-electron chi connectivity index (χ1n) is 5.46. The summed E-state index contributed by atoms with van der Waals surface area (Å²) in [4.78, 5) is 15.4. The largest absolute Gasteiger partial charge is 0.381 e. The second-order valence-electron chi connectivity index (χ2n) is 4.03. The van der Waals surface area contributed by atoms with Crippen LogP contribution >= 0.6 is 0 Å². The monoisotopic (exact) mass is 263 g/mol. The lowest BCUT2D eigenvalue weighted by atomic mass is 10.2. The van der Waals surface area contributed by atoms with Gasteiger partial charge in [0.25, 0.3) is 5.91 Å². The van der Waals surface area contributed by atoms with Gasteiger partial charge in [-0.25, -0.2) is 13.8 Å². The Kier molecular flexibility index (Phi) is 3.41. The minimum Gasteiger partial charge on any atom is -0.381 e. The van der Waals surface area contributed by atoms with Crippen molar-refractivity contribution in [2.75, 3.05) is 11.1 Å². The molecule has 6 heteroatoms. The third-order valence-corrected chi connectivity index (χ3v) is 2.46. The van der Waals surface area contributed by atoms with Gasteiger partial charge in [-0.3, -0.25) is 4.79 Å². The molecule has 2 aromatic rings. The summed E-state index contributed by atoms with van der Waals surface area (Å²) in [6.07, 6.45) is 1.23. The first-order valence-corrected chi connectivity index (χ1v) is 5.46. The molecule has 0 unspecified atom stereocenters. The average molecular weight is 263 g/mol. The van der Waals surface area contributed by atoms with E-state index in [2.05, 4.69) is 10.3 Å². The molecule has 3 N–H and O–H groups in total. The molecule has 1 aromatic heterocycles. The maximum atomic E-state index is 13.6. The SMILES string of the molecule is Cc1cc(F)cc(NC(=O)c2ccnc(N)c2F)c1. The van der Waals surface area contributed by atoms with Crippen LogP contribution in [0, 0.1) is 18.6 Å². The number of hydrogen-bond donors (Lipinski definition) is 2. The third-order valence-electron chi connectivity index (χ3n) is 2.46. The number of aryl methyl sites for hydroxylation is 1. The zero-order chi connectivity index (χ0) is 14.0. The van der Waals surface area contributed by atoms with Crippen molar-refractivity contribution < 1.29 is 13.6 Å². The van der Waals surface area contributed by atoms with Crippen molar-refractivity contribution in [1.29, 1.82) is 0 Å². The Hall–Kier alpha value is -2.50. The zero-order valence-electron chi connectivity index (χ0n) is 10.1. The van der Waals surface area contributed by atoms with Gasteiger partial charge in [0.05, 0.1) is 5.56 Å². The predicted octanol–water partition coefficient (Wildman–Crippen LogP) is 2.50. The Morgan fingerprint density at radius 3 is 2.74 bits per heavy atom. The highest BCUT2D eigenvalue weighted by Gasteiger charge is 2.15. The van der Waals surface area contributed by atoms with Gasteiger partial charge in [0.15, 0.2) is 11.6 Å². The molecule has 0 radical (unpaired) electrons. The number of nitrogens with two attached hydrogens (primary N) is 1. The Balaban J connectivity index is 2.28. The molecule has 1 aromatic carbocycles. The van der Waals surface area contributed by atoms with Crippen molar-refractivity contribution in [2.45, 2.75) is 6.92 Å². The van der Waals surface area contributed by atoms with Gasteiger partial charge in [-0.1, -0.05) is 0 Å². The Morgan fingerprint density at radius 2 is 2.05 bits per heavy atom. The van der Waals surface area contributed by atoms with Gasteiger partial charge in [-0.2, -0.15) is 0 Å². The van der Waals surface area contributed by atoms with Gasteiger partial charge in [-0.15, -0.1) is 0 Å². The van der Waals surface area contributed by atoms with Crippen LogP contribution in [0.2, 0.25) is 0 Å². The van der Waals surface area contributed by atoms with E-state index in [9.17, 15) is 13.6 Å². The topological polar surface area (TPSA) is 68.0 Å². The molecular weight excluding hydrogens is 252 g/mol. The van der Waals surface area contributed by atoms with Crippen LogP contribution in [0.1, 0.15) is 15.9 Å². The average Bonchev–Trinajstić information content (AvgIpc) is 2.31. The minimum atomic E-state index is -0.895. The quantitative estimate of drug-likeness (QED) is 0.874. The molecule has 4 nitrogen and oxygen atoms in total. The van der Waals surface area contributed by atoms with Crippen molar-refractivity contribution in [3.05, 3.63) is 53.2 Å². The predicted molar refractivity (Wildman–Crippen MR) is 67.7 cm³/mol. The van der Waals surface area contributed by atoms with Crippen molar-refractivity contribution in [3.8, 4) is 0 Å². The fourth-order valence-electron chi connectivity index (χ4n) is 1.64. The number of carbonyl (C=O) groups is 1. The van der Waals surface area contributed by atoms with Crippen molar-refractivity contribution in [3.63, 3.8) is 0 Å². The van der Waals surface area contributed by atoms with E-state index in [1.807, 2.05) is 0 Å². The summed E-state index contributed by atoms with van der Waals surface area (Å²) in [5.74, 6) is -2.45. The molecule has 0 bridgehead atoms. The second kappa shape index (κ2) is 5.01. The summed E-state index contributed by atoms with van der Waals surface area (Å²) in [7, 11) is 0. The molecule has 1 heterocycles. The lowest BCUT2D eigenvalue weighted by Gasteiger charge is -2.07. The van der Waals surface area contributed by atoms with Gasteiger partial charge in [0.2, 0.25) is 0 Å². The Morgan fingerprint density at radius 1 is 1.32 bits per heavy atom. The number of nitrogens with one attached hydrogen (secondary N) is 1. The molecule has 0 aliphatic carbocycles. The van der Waals surface area contributed by atoms with Crippen LogP contribution in [0.3, 0.4) is 0 Å². The summed E-state index contributed by atoms with van der Waals surface area (Å²) in [6, 6.07) is 5.24. The molecule has 0 saturated carbocycles. The normalized spacial score (nSPS) is 10.3. The molecular formula is C13H11F2N3O. The number of anilines is 2. The second-order valence-corrected chi connectivity index (χ2v) is 4.03. The Bertz CT molecular complexity index is 624. The van der Waals surface area contributed by atoms with Gasteiger partial charge < -0.3 is 11.1 Å². The van der Waals surface area contributed by atoms with E-state index in [0.717, 1.165) is 6.07 Å². The zero-order valence-corrected chi connectivity index (χ0v) is 10.1. The van der Waals surface area contributed by atoms with Crippen LogP contribution in [0.4, 0.5) is 20.3 Å². The number of aromatic nitrogens is 1. The lowest BCUT2D eigenvalue weighted by molar-refractivity contribution is 0.102. The summed E-state index contributed by atoms with van der Waals surface area (Å²) in [5, 5.41) is 2.41. The number of halogens is 2. The molecule has 19 heavy (non-hydrogen) atoms. The maximum absolute atomic E-state index is 13.6. The van der Waals surface area contributed by atoms with E-state index in [0.29, 0.717) is 5.56 Å². The van der Waals surface area contributed by atoms with Gasteiger partial charge in [0.1, 0.15) is 5.82 Å². The smallest absolute Gasteiger partial charge is 0.258 e. The first-order chi connectivity index (χ1) is 8.97. The maximum Gasteiger partial charge on any atom is 0.258 e. The summed E-state index contributed by atoms with van der Waals surface area (Å²) in [6.45, 7) is 1.68. The number of rotatable bonds is 2. The van der Waals surface area contributed by atoms with Crippen molar-refractivity contribution in [2.24, 2.45) is 0 Å². The van der Waals surface area contributed by atoms with E-state index in [1.165, 1.54) is 18.3 Å². The molecule has 0 spiro atoms. The number of nitrogens with zero attached hydrogens (tertiary/aromatic N) is 1. The standard InChI is InChI=1S/C13H11F2N3O/c1-7-4-8(14)6-9(5-7)18-13(19)10-2-3-17-12(16)11(10)15/h2-6H,1H3,(H2,16,17)(H,18,19). The van der Waals surface area contributed by atoms with Gasteiger partial charge in [-0.05, 0) is 36.8 Å². The van der Waals surface area contributed by atoms with Crippen LogP contribution in [0.15, 0.2) is 30.5 Å². The molecule has 0 fully saturated rings. The highest BCUT2D eigenvalue weighted by Crippen LogP contribution is 2.17. The van der Waals surface area contributed by atoms with Crippen LogP contribution in [-0.2, 0) is 0 Å². The third kappa shape index (κ3) is 2.85. The number of nitrogen functional groups attached to an aromatic ring is 1. The summed E-state index contributed by atoms with van der Waals surface area (Å²) >= 11 is 0. The number of hydrogen-bond acceptors (Lipinski definition) is 3. The Labute approximate surface area is 108 Å². The van der Waals surface area contributed by atoms with E-state index in [4.69, 9.17) is 5.73 Å². The van der Waals surface area contributed by atoms with Crippen LogP contribution in [0.5, 0.6) is 0 Å². The highest BCUT2D eigenvalue weighted by molar-refractivity contribution is 6.04. The first kappa shape index (κ1) is 12.9. The van der Waals surface area contributed by atoms with Gasteiger partial charge in [0, 0.05) is 11.9 Å². The molecule has 98 valence electrons. The summed E-state index contributed by atoms with van der Waals surface area (Å²) in [5.41, 5.74) is 5.92. The molecule has 1 amide bonds. The fraction of sp³-hybridized carbons (Fsp3) is 0.0769.